The van der Waals surface area contributed by atoms with E-state index in [1.54, 1.807) is 18.2 Å². The van der Waals surface area contributed by atoms with E-state index in [4.69, 9.17) is 21.1 Å². The Morgan fingerprint density at radius 3 is 2.38 bits per heavy atom. The van der Waals surface area contributed by atoms with Crippen LogP contribution in [-0.4, -0.2) is 23.1 Å². The monoisotopic (exact) mass is 414 g/mol. The van der Waals surface area contributed by atoms with E-state index in [0.29, 0.717) is 16.3 Å². The number of ketones is 1. The average Bonchev–Trinajstić information content (AvgIpc) is 3.33. The summed E-state index contributed by atoms with van der Waals surface area (Å²) in [4.78, 5) is 13.2. The van der Waals surface area contributed by atoms with Gasteiger partial charge in [-0.2, -0.15) is 0 Å². The highest BCUT2D eigenvalue weighted by molar-refractivity contribution is 6.30. The second kappa shape index (κ2) is 6.57. The zero-order valence-electron chi connectivity index (χ0n) is 16.0. The zero-order valence-corrected chi connectivity index (χ0v) is 16.8. The highest BCUT2D eigenvalue weighted by Crippen LogP contribution is 2.54. The molecule has 2 bridgehead atoms. The molecule has 1 aliphatic carbocycles. The van der Waals surface area contributed by atoms with Crippen LogP contribution < -0.4 is 4.74 Å². The van der Waals surface area contributed by atoms with Gasteiger partial charge in [-0.05, 0) is 73.7 Å². The van der Waals surface area contributed by atoms with E-state index in [9.17, 15) is 14.3 Å². The summed E-state index contributed by atoms with van der Waals surface area (Å²) in [5, 5.41) is 11.2. The van der Waals surface area contributed by atoms with E-state index in [1.165, 1.54) is 12.1 Å². The number of Topliss-reactive ketones (excluding diaryl/α,β-unsaturated/α-hetero) is 1. The van der Waals surface area contributed by atoms with Crippen molar-refractivity contribution in [3.63, 3.8) is 0 Å². The van der Waals surface area contributed by atoms with Crippen molar-refractivity contribution in [2.75, 3.05) is 0 Å². The number of allylic oxidation sites excluding steroid dienone is 1. The summed E-state index contributed by atoms with van der Waals surface area (Å²) in [6.45, 7) is 3.72. The number of aryl methyl sites for hydroxylation is 2. The van der Waals surface area contributed by atoms with Crippen molar-refractivity contribution < 1.29 is 23.8 Å². The molecule has 150 valence electrons. The number of hydrogen-bond donors (Lipinski definition) is 1. The molecule has 4 atom stereocenters. The van der Waals surface area contributed by atoms with Crippen molar-refractivity contribution in [3.8, 4) is 11.5 Å². The van der Waals surface area contributed by atoms with Crippen LogP contribution in [0.15, 0.2) is 36.1 Å². The van der Waals surface area contributed by atoms with Crippen molar-refractivity contribution in [2.45, 2.75) is 38.9 Å². The number of benzene rings is 2. The Balaban J connectivity index is 1.51. The summed E-state index contributed by atoms with van der Waals surface area (Å²) in [6.07, 6.45) is 1.60. The minimum Gasteiger partial charge on any atom is -0.511 e. The van der Waals surface area contributed by atoms with Gasteiger partial charge in [0, 0.05) is 5.02 Å². The molecule has 6 heteroatoms. The van der Waals surface area contributed by atoms with Gasteiger partial charge < -0.3 is 14.6 Å². The third-order valence-electron chi connectivity index (χ3n) is 6.27. The number of aliphatic hydroxyl groups excluding tert-OH is 1. The molecule has 1 N–H and O–H groups in total. The fourth-order valence-corrected chi connectivity index (χ4v) is 5.29. The van der Waals surface area contributed by atoms with Crippen LogP contribution in [0.25, 0.3) is 5.57 Å². The molecule has 2 aromatic carbocycles. The smallest absolute Gasteiger partial charge is 0.173 e. The van der Waals surface area contributed by atoms with Crippen LogP contribution in [0.3, 0.4) is 0 Å². The number of hydrogen-bond acceptors (Lipinski definition) is 4. The van der Waals surface area contributed by atoms with Crippen LogP contribution in [0.5, 0.6) is 11.5 Å². The molecule has 0 amide bonds. The number of carbonyl (C=O) groups excluding carboxylic acids is 1. The molecule has 2 fully saturated rings. The molecule has 2 heterocycles. The minimum atomic E-state index is -0.550. The van der Waals surface area contributed by atoms with Gasteiger partial charge in [-0.25, -0.2) is 4.39 Å². The lowest BCUT2D eigenvalue weighted by Crippen LogP contribution is -2.29. The number of fused-ring (bicyclic) bond motifs is 5. The maximum atomic E-state index is 14.1. The van der Waals surface area contributed by atoms with E-state index in [2.05, 4.69) is 0 Å². The second-order valence-electron chi connectivity index (χ2n) is 8.08. The zero-order chi connectivity index (χ0) is 20.4. The van der Waals surface area contributed by atoms with Crippen LogP contribution in [0, 0.1) is 31.5 Å². The van der Waals surface area contributed by atoms with Crippen LogP contribution in [0.4, 0.5) is 4.39 Å². The Bertz CT molecular complexity index is 1050. The van der Waals surface area contributed by atoms with Crippen molar-refractivity contribution >= 4 is 23.0 Å². The molecule has 29 heavy (non-hydrogen) atoms. The van der Waals surface area contributed by atoms with Crippen molar-refractivity contribution in [3.05, 3.63) is 63.6 Å². The Morgan fingerprint density at radius 1 is 1.10 bits per heavy atom. The van der Waals surface area contributed by atoms with E-state index in [1.807, 2.05) is 13.8 Å². The standard InChI is InChI=1S/C23H20ClFO4/c1-10-7-13(28-15-4-3-12(24)9-14(15)25)8-11(2)18(10)21-22(26)19-16-5-6-17(29-16)20(19)23(21)27/h3-4,7-9,16-17,19-20,26H,5-6H2,1-2H3/t16-,17+,19+,20-/m0/s1. The summed E-state index contributed by atoms with van der Waals surface area (Å²) in [5.41, 5.74) is 2.71. The average molecular weight is 415 g/mol. The van der Waals surface area contributed by atoms with Crippen LogP contribution >= 0.6 is 11.6 Å². The molecular formula is C23H20ClFO4. The maximum absolute atomic E-state index is 14.1. The molecule has 4 nitrogen and oxygen atoms in total. The van der Waals surface area contributed by atoms with Gasteiger partial charge in [-0.3, -0.25) is 4.79 Å². The fraction of sp³-hybridized carbons (Fsp3) is 0.348. The normalized spacial score (nSPS) is 27.7. The van der Waals surface area contributed by atoms with Crippen molar-refractivity contribution in [1.82, 2.24) is 0 Å². The summed E-state index contributed by atoms with van der Waals surface area (Å²) >= 11 is 5.79. The molecule has 0 unspecified atom stereocenters. The summed E-state index contributed by atoms with van der Waals surface area (Å²) in [6, 6.07) is 7.73. The van der Waals surface area contributed by atoms with Crippen molar-refractivity contribution in [2.24, 2.45) is 11.8 Å². The molecular weight excluding hydrogens is 395 g/mol. The molecule has 0 aromatic heterocycles. The van der Waals surface area contributed by atoms with Crippen molar-refractivity contribution in [1.29, 1.82) is 0 Å². The Labute approximate surface area is 172 Å². The van der Waals surface area contributed by atoms with Gasteiger partial charge in [0.1, 0.15) is 11.5 Å². The first-order valence-electron chi connectivity index (χ1n) is 9.72. The van der Waals surface area contributed by atoms with Gasteiger partial charge in [-0.1, -0.05) is 11.6 Å². The van der Waals surface area contributed by atoms with Crippen LogP contribution in [-0.2, 0) is 9.53 Å². The molecule has 3 aliphatic rings. The highest BCUT2D eigenvalue weighted by atomic mass is 35.5. The SMILES string of the molecule is Cc1cc(Oc2ccc(Cl)cc2F)cc(C)c1C1=C(O)[C@H]2[C@@H](C1=O)[C@H]1CC[C@@H]2O1. The molecule has 5 rings (SSSR count). The van der Waals surface area contributed by atoms with Gasteiger partial charge >= 0.3 is 0 Å². The summed E-state index contributed by atoms with van der Waals surface area (Å²) in [5.74, 6) is -0.413. The maximum Gasteiger partial charge on any atom is 0.173 e. The van der Waals surface area contributed by atoms with E-state index in [0.717, 1.165) is 29.5 Å². The van der Waals surface area contributed by atoms with Crippen LogP contribution in [0.2, 0.25) is 5.02 Å². The molecule has 0 spiro atoms. The number of aliphatic hydroxyl groups is 1. The highest BCUT2D eigenvalue weighted by Gasteiger charge is 2.59. The molecule has 0 radical (unpaired) electrons. The van der Waals surface area contributed by atoms with Gasteiger partial charge in [0.05, 0.1) is 29.6 Å². The fourth-order valence-electron chi connectivity index (χ4n) is 5.13. The lowest BCUT2D eigenvalue weighted by atomic mass is 9.80. The Morgan fingerprint density at radius 2 is 1.76 bits per heavy atom. The molecule has 2 saturated heterocycles. The first-order chi connectivity index (χ1) is 13.8. The van der Waals surface area contributed by atoms with E-state index >= 15 is 0 Å². The molecule has 2 aliphatic heterocycles. The van der Waals surface area contributed by atoms with E-state index in [-0.39, 0.29) is 41.3 Å². The third kappa shape index (κ3) is 2.79. The topological polar surface area (TPSA) is 55.8 Å². The van der Waals surface area contributed by atoms with Gasteiger partial charge in [0.15, 0.2) is 17.3 Å². The lowest BCUT2D eigenvalue weighted by molar-refractivity contribution is -0.118. The van der Waals surface area contributed by atoms with Gasteiger partial charge in [0.25, 0.3) is 0 Å². The molecule has 0 saturated carbocycles. The molecule has 2 aromatic rings. The Kier molecular flexibility index (Phi) is 4.23. The van der Waals surface area contributed by atoms with Gasteiger partial charge in [0.2, 0.25) is 0 Å². The number of halogens is 2. The van der Waals surface area contributed by atoms with Crippen LogP contribution in [0.1, 0.15) is 29.5 Å². The first-order valence-corrected chi connectivity index (χ1v) is 10.1. The van der Waals surface area contributed by atoms with E-state index < -0.39 is 5.82 Å². The van der Waals surface area contributed by atoms with Gasteiger partial charge in [-0.15, -0.1) is 0 Å². The number of ether oxygens (including phenoxy) is 2. The summed E-state index contributed by atoms with van der Waals surface area (Å²) in [7, 11) is 0. The predicted molar refractivity (Wildman–Crippen MR) is 107 cm³/mol. The predicted octanol–water partition coefficient (Wildman–Crippen LogP) is 5.53. The minimum absolute atomic E-state index is 0.0386. The quantitative estimate of drug-likeness (QED) is 0.717. The second-order valence-corrected chi connectivity index (χ2v) is 8.51. The largest absolute Gasteiger partial charge is 0.511 e. The third-order valence-corrected chi connectivity index (χ3v) is 6.51. The number of rotatable bonds is 3. The Hall–Kier alpha value is -2.37. The summed E-state index contributed by atoms with van der Waals surface area (Å²) < 4.78 is 25.6. The number of carbonyl (C=O) groups is 1. The lowest BCUT2D eigenvalue weighted by Gasteiger charge is -2.19. The first kappa shape index (κ1) is 18.6.